The van der Waals surface area contributed by atoms with Crippen molar-refractivity contribution in [2.75, 3.05) is 12.3 Å². The first-order valence-corrected chi connectivity index (χ1v) is 9.36. The Labute approximate surface area is 174 Å². The molecule has 3 aromatic carbocycles. The van der Waals surface area contributed by atoms with E-state index in [0.29, 0.717) is 39.9 Å². The van der Waals surface area contributed by atoms with Crippen LogP contribution in [0.5, 0.6) is 17.2 Å². The van der Waals surface area contributed by atoms with Crippen LogP contribution >= 0.6 is 0 Å². The van der Waals surface area contributed by atoms with Gasteiger partial charge in [-0.25, -0.2) is 9.97 Å². The van der Waals surface area contributed by atoms with Crippen LogP contribution in [0.4, 0.5) is 5.69 Å². The SMILES string of the molecule is Nc1ccccc1Oc1ccccc1C(=O)COc1ccccc1-c1ncccn1. The average Bonchev–Trinajstić information content (AvgIpc) is 2.80. The number of nitrogen functional groups attached to an aromatic ring is 1. The van der Waals surface area contributed by atoms with Gasteiger partial charge in [-0.3, -0.25) is 4.79 Å². The molecule has 0 saturated heterocycles. The number of ketones is 1. The van der Waals surface area contributed by atoms with Gasteiger partial charge in [0, 0.05) is 12.4 Å². The van der Waals surface area contributed by atoms with E-state index in [-0.39, 0.29) is 12.4 Å². The molecule has 1 aromatic heterocycles. The molecule has 6 nitrogen and oxygen atoms in total. The molecule has 0 aliphatic rings. The molecule has 30 heavy (non-hydrogen) atoms. The van der Waals surface area contributed by atoms with Gasteiger partial charge < -0.3 is 15.2 Å². The Hall–Kier alpha value is -4.19. The smallest absolute Gasteiger partial charge is 0.203 e. The molecule has 6 heteroatoms. The third kappa shape index (κ3) is 4.28. The van der Waals surface area contributed by atoms with Crippen LogP contribution in [-0.4, -0.2) is 22.4 Å². The summed E-state index contributed by atoms with van der Waals surface area (Å²) in [7, 11) is 0. The van der Waals surface area contributed by atoms with Crippen LogP contribution in [0, 0.1) is 0 Å². The molecule has 0 atom stereocenters. The Morgan fingerprint density at radius 3 is 2.17 bits per heavy atom. The molecule has 0 aliphatic carbocycles. The number of rotatable bonds is 7. The molecule has 4 aromatic rings. The summed E-state index contributed by atoms with van der Waals surface area (Å²) in [6.45, 7) is -0.158. The van der Waals surface area contributed by atoms with E-state index < -0.39 is 0 Å². The van der Waals surface area contributed by atoms with Crippen molar-refractivity contribution in [1.82, 2.24) is 9.97 Å². The zero-order chi connectivity index (χ0) is 20.8. The van der Waals surface area contributed by atoms with Crippen LogP contribution in [0.25, 0.3) is 11.4 Å². The van der Waals surface area contributed by atoms with Gasteiger partial charge in [0.2, 0.25) is 5.78 Å². The van der Waals surface area contributed by atoms with Crippen LogP contribution in [0.15, 0.2) is 91.3 Å². The van der Waals surface area contributed by atoms with Gasteiger partial charge in [0.15, 0.2) is 12.4 Å². The highest BCUT2D eigenvalue weighted by atomic mass is 16.5. The van der Waals surface area contributed by atoms with E-state index in [2.05, 4.69) is 9.97 Å². The summed E-state index contributed by atoms with van der Waals surface area (Å²) in [4.78, 5) is 21.4. The largest absolute Gasteiger partial charge is 0.485 e. The van der Waals surface area contributed by atoms with Crippen molar-refractivity contribution in [3.05, 3.63) is 96.8 Å². The van der Waals surface area contributed by atoms with E-state index in [1.165, 1.54) is 0 Å². The van der Waals surface area contributed by atoms with Gasteiger partial charge >= 0.3 is 0 Å². The van der Waals surface area contributed by atoms with Gasteiger partial charge in [-0.15, -0.1) is 0 Å². The normalized spacial score (nSPS) is 10.4. The standard InChI is InChI=1S/C24H19N3O3/c25-19-10-3-6-13-23(19)30-22-12-5-1-8-17(22)20(28)16-29-21-11-4-2-9-18(21)24-26-14-7-15-27-24/h1-15H,16,25H2. The second kappa shape index (κ2) is 8.87. The summed E-state index contributed by atoms with van der Waals surface area (Å²) >= 11 is 0. The van der Waals surface area contributed by atoms with Crippen molar-refractivity contribution in [1.29, 1.82) is 0 Å². The predicted molar refractivity (Wildman–Crippen MR) is 115 cm³/mol. The molecule has 148 valence electrons. The van der Waals surface area contributed by atoms with Gasteiger partial charge in [0.05, 0.1) is 16.8 Å². The summed E-state index contributed by atoms with van der Waals surface area (Å²) in [5.74, 6) is 1.75. The minimum absolute atomic E-state index is 0.158. The number of aromatic nitrogens is 2. The summed E-state index contributed by atoms with van der Waals surface area (Å²) in [6.07, 6.45) is 3.32. The van der Waals surface area contributed by atoms with Crippen LogP contribution in [0.3, 0.4) is 0 Å². The fourth-order valence-electron chi connectivity index (χ4n) is 2.91. The number of hydrogen-bond donors (Lipinski definition) is 1. The topological polar surface area (TPSA) is 87.3 Å². The Kier molecular flexibility index (Phi) is 5.66. The first-order chi connectivity index (χ1) is 14.7. The fourth-order valence-corrected chi connectivity index (χ4v) is 2.91. The molecule has 0 unspecified atom stereocenters. The van der Waals surface area contributed by atoms with E-state index in [9.17, 15) is 4.79 Å². The number of benzene rings is 3. The maximum Gasteiger partial charge on any atom is 0.203 e. The molecule has 0 saturated carbocycles. The van der Waals surface area contributed by atoms with Crippen molar-refractivity contribution in [3.63, 3.8) is 0 Å². The third-order valence-electron chi connectivity index (χ3n) is 4.38. The highest BCUT2D eigenvalue weighted by Crippen LogP contribution is 2.30. The van der Waals surface area contributed by atoms with Gasteiger partial charge in [0.25, 0.3) is 0 Å². The van der Waals surface area contributed by atoms with Crippen LogP contribution in [0.1, 0.15) is 10.4 Å². The van der Waals surface area contributed by atoms with E-state index in [0.717, 1.165) is 0 Å². The molecule has 0 aliphatic heterocycles. The predicted octanol–water partition coefficient (Wildman–Crippen LogP) is 4.78. The van der Waals surface area contributed by atoms with Crippen LogP contribution < -0.4 is 15.2 Å². The number of carbonyl (C=O) groups excluding carboxylic acids is 1. The quantitative estimate of drug-likeness (QED) is 0.357. The summed E-state index contributed by atoms with van der Waals surface area (Å²) < 4.78 is 11.7. The number of ether oxygens (including phenoxy) is 2. The van der Waals surface area contributed by atoms with E-state index in [1.807, 2.05) is 30.3 Å². The van der Waals surface area contributed by atoms with Gasteiger partial charge in [-0.2, -0.15) is 0 Å². The third-order valence-corrected chi connectivity index (χ3v) is 4.38. The van der Waals surface area contributed by atoms with Crippen molar-refractivity contribution in [3.8, 4) is 28.6 Å². The second-order valence-electron chi connectivity index (χ2n) is 6.42. The maximum absolute atomic E-state index is 12.9. The van der Waals surface area contributed by atoms with Crippen molar-refractivity contribution < 1.29 is 14.3 Å². The van der Waals surface area contributed by atoms with Gasteiger partial charge in [-0.1, -0.05) is 36.4 Å². The average molecular weight is 397 g/mol. The number of hydrogen-bond acceptors (Lipinski definition) is 6. The Morgan fingerprint density at radius 1 is 0.767 bits per heavy atom. The Morgan fingerprint density at radius 2 is 1.40 bits per heavy atom. The molecular weight excluding hydrogens is 378 g/mol. The van der Waals surface area contributed by atoms with Crippen molar-refractivity contribution in [2.45, 2.75) is 0 Å². The highest BCUT2D eigenvalue weighted by Gasteiger charge is 2.16. The lowest BCUT2D eigenvalue weighted by Crippen LogP contribution is -2.13. The fraction of sp³-hybridized carbons (Fsp3) is 0.0417. The lowest BCUT2D eigenvalue weighted by atomic mass is 10.1. The maximum atomic E-state index is 12.9. The zero-order valence-corrected chi connectivity index (χ0v) is 16.1. The van der Waals surface area contributed by atoms with Crippen LogP contribution in [-0.2, 0) is 0 Å². The van der Waals surface area contributed by atoms with Crippen molar-refractivity contribution >= 4 is 11.5 Å². The van der Waals surface area contributed by atoms with E-state index in [1.54, 1.807) is 60.9 Å². The molecule has 4 rings (SSSR count). The monoisotopic (exact) mass is 397 g/mol. The molecule has 0 radical (unpaired) electrons. The lowest BCUT2D eigenvalue weighted by Gasteiger charge is -2.13. The molecular formula is C24H19N3O3. The minimum atomic E-state index is -0.219. The van der Waals surface area contributed by atoms with Crippen LogP contribution in [0.2, 0.25) is 0 Å². The molecule has 0 amide bonds. The summed E-state index contributed by atoms with van der Waals surface area (Å²) in [6, 6.07) is 23.2. The Bertz CT molecular complexity index is 1160. The number of nitrogens with two attached hydrogens (primary N) is 1. The van der Waals surface area contributed by atoms with E-state index in [4.69, 9.17) is 15.2 Å². The van der Waals surface area contributed by atoms with Gasteiger partial charge in [-0.05, 0) is 42.5 Å². The number of anilines is 1. The number of Topliss-reactive ketones (excluding diaryl/α,β-unsaturated/α-hetero) is 1. The Balaban J connectivity index is 1.53. The molecule has 2 N–H and O–H groups in total. The molecule has 0 bridgehead atoms. The number of para-hydroxylation sites is 4. The molecule has 0 spiro atoms. The molecule has 0 fully saturated rings. The highest BCUT2D eigenvalue weighted by molar-refractivity contribution is 6.00. The van der Waals surface area contributed by atoms with Crippen molar-refractivity contribution in [2.24, 2.45) is 0 Å². The number of nitrogens with zero attached hydrogens (tertiary/aromatic N) is 2. The summed E-state index contributed by atoms with van der Waals surface area (Å²) in [5, 5.41) is 0. The summed E-state index contributed by atoms with van der Waals surface area (Å²) in [5.41, 5.74) is 7.57. The minimum Gasteiger partial charge on any atom is -0.485 e. The molecule has 1 heterocycles. The van der Waals surface area contributed by atoms with E-state index >= 15 is 0 Å². The first kappa shape index (κ1) is 19.1. The first-order valence-electron chi connectivity index (χ1n) is 9.36. The number of carbonyl (C=O) groups is 1. The lowest BCUT2D eigenvalue weighted by molar-refractivity contribution is 0.0919. The second-order valence-corrected chi connectivity index (χ2v) is 6.42. The zero-order valence-electron chi connectivity index (χ0n) is 16.1. The van der Waals surface area contributed by atoms with Gasteiger partial charge in [0.1, 0.15) is 17.2 Å².